The summed E-state index contributed by atoms with van der Waals surface area (Å²) in [7, 11) is 1.46. The van der Waals surface area contributed by atoms with Crippen molar-refractivity contribution in [2.75, 3.05) is 58.3 Å². The van der Waals surface area contributed by atoms with Gasteiger partial charge >= 0.3 is 0 Å². The molecule has 31 heavy (non-hydrogen) atoms. The molecule has 1 heterocycles. The van der Waals surface area contributed by atoms with E-state index < -0.39 is 19.2 Å². The Morgan fingerprint density at radius 3 is 2.45 bits per heavy atom. The number of methoxy groups -OCH3 is 1. The van der Waals surface area contributed by atoms with E-state index in [9.17, 15) is 9.90 Å². The minimum atomic E-state index is -2.58. The summed E-state index contributed by atoms with van der Waals surface area (Å²) in [6, 6.07) is 6.34. The van der Waals surface area contributed by atoms with Crippen molar-refractivity contribution in [2.24, 2.45) is 0 Å². The maximum absolute atomic E-state index is 12.7. The number of nitrogens with zero attached hydrogens (tertiary/aromatic N) is 2. The molecule has 1 fully saturated rings. The van der Waals surface area contributed by atoms with E-state index in [1.165, 1.54) is 12.0 Å². The van der Waals surface area contributed by atoms with Gasteiger partial charge in [-0.1, -0.05) is 30.3 Å². The number of rotatable bonds is 9. The van der Waals surface area contributed by atoms with Crippen molar-refractivity contribution in [1.82, 2.24) is 9.80 Å². The van der Waals surface area contributed by atoms with Crippen molar-refractivity contribution in [3.63, 3.8) is 0 Å². The van der Waals surface area contributed by atoms with Crippen molar-refractivity contribution in [3.8, 4) is 11.5 Å². The monoisotopic (exact) mass is 433 g/mol. The van der Waals surface area contributed by atoms with Crippen molar-refractivity contribution in [3.05, 3.63) is 53.5 Å². The van der Waals surface area contributed by atoms with Crippen LogP contribution in [-0.4, -0.2) is 79.8 Å². The molecule has 0 saturated carbocycles. The fourth-order valence-electron chi connectivity index (χ4n) is 3.31. The molecule has 1 amide bonds. The summed E-state index contributed by atoms with van der Waals surface area (Å²) in [6.45, 7) is 1.23. The summed E-state index contributed by atoms with van der Waals surface area (Å²) in [5, 5.41) is 13.4. The first-order valence-electron chi connectivity index (χ1n) is 13.1. The first-order valence-corrected chi connectivity index (χ1v) is 10.1. The Balaban J connectivity index is 1.57. The maximum Gasteiger partial charge on any atom is 0.238 e. The van der Waals surface area contributed by atoms with Crippen LogP contribution in [0.4, 0.5) is 5.69 Å². The normalized spacial score (nSPS) is 20.3. The largest absolute Gasteiger partial charge is 0.493 e. The van der Waals surface area contributed by atoms with Crippen LogP contribution in [0.1, 0.15) is 19.4 Å². The minimum Gasteiger partial charge on any atom is -0.493 e. The quantitative estimate of drug-likeness (QED) is 0.632. The van der Waals surface area contributed by atoms with Crippen molar-refractivity contribution in [2.45, 2.75) is 19.9 Å². The van der Waals surface area contributed by atoms with Crippen LogP contribution in [0.2, 0.25) is 0 Å². The summed E-state index contributed by atoms with van der Waals surface area (Å²) in [5.41, 5.74) is 1.21. The minimum absolute atomic E-state index is 0.0149. The molecular weight excluding hydrogens is 394 g/mol. The lowest BCUT2D eigenvalue weighted by atomic mass is 10.1. The number of nitrogens with one attached hydrogen (secondary N) is 1. The predicted octanol–water partition coefficient (Wildman–Crippen LogP) is 2.31. The predicted molar refractivity (Wildman–Crippen MR) is 122 cm³/mol. The molecule has 0 aliphatic carbocycles. The van der Waals surface area contributed by atoms with Crippen LogP contribution < -0.4 is 14.8 Å². The van der Waals surface area contributed by atoms with Gasteiger partial charge in [-0.3, -0.25) is 14.6 Å². The Morgan fingerprint density at radius 1 is 1.19 bits per heavy atom. The zero-order chi connectivity index (χ0) is 27.5. The van der Waals surface area contributed by atoms with Gasteiger partial charge in [-0.25, -0.2) is 0 Å². The van der Waals surface area contributed by atoms with Crippen molar-refractivity contribution >= 4 is 11.6 Å². The van der Waals surface area contributed by atoms with Gasteiger partial charge in [0.15, 0.2) is 11.5 Å². The number of amides is 1. The van der Waals surface area contributed by atoms with Gasteiger partial charge < -0.3 is 19.9 Å². The number of hydrogen-bond acceptors (Lipinski definition) is 6. The standard InChI is InChI=1S/C24H33N3O4/c1-18-7-6-8-19(2)24(18)25-23(29)16-27-13-11-26(12-14-27)15-20(28)17-31-22-10-5-4-9-21(22)30-3/h4-10,20,28H,11-17H2,1-3H3,(H,25,29)/i6D,7D,8D,15D2,20D. The summed E-state index contributed by atoms with van der Waals surface area (Å²) >= 11 is 0. The number of anilines is 1. The Morgan fingerprint density at radius 2 is 1.81 bits per heavy atom. The van der Waals surface area contributed by atoms with Crippen molar-refractivity contribution in [1.29, 1.82) is 0 Å². The summed E-state index contributed by atoms with van der Waals surface area (Å²) < 4.78 is 59.7. The van der Waals surface area contributed by atoms with Gasteiger partial charge in [-0.15, -0.1) is 0 Å². The van der Waals surface area contributed by atoms with Gasteiger partial charge in [0.1, 0.15) is 12.7 Å². The number of ether oxygens (including phenoxy) is 2. The highest BCUT2D eigenvalue weighted by Crippen LogP contribution is 2.25. The first kappa shape index (κ1) is 16.1. The van der Waals surface area contributed by atoms with E-state index in [1.807, 2.05) is 4.90 Å². The molecular formula is C24H33N3O4. The van der Waals surface area contributed by atoms with Crippen LogP contribution in [0.3, 0.4) is 0 Å². The number of hydrogen-bond donors (Lipinski definition) is 2. The molecule has 0 bridgehead atoms. The van der Waals surface area contributed by atoms with Gasteiger partial charge in [-0.2, -0.15) is 0 Å². The Bertz CT molecular complexity index is 1110. The summed E-state index contributed by atoms with van der Waals surface area (Å²) in [6.07, 6.45) is -2.58. The fourth-order valence-corrected chi connectivity index (χ4v) is 3.31. The zero-order valence-corrected chi connectivity index (χ0v) is 18.1. The SMILES string of the molecule is [2H]c1c([2H])c(C)c(NC(=O)CN2CCN(C([2H])([2H])C([2H])(O)COc3ccccc3OC)CC2)c(C)c1[2H]. The lowest BCUT2D eigenvalue weighted by molar-refractivity contribution is -0.117. The van der Waals surface area contributed by atoms with E-state index in [4.69, 9.17) is 17.7 Å². The van der Waals surface area contributed by atoms with Crippen molar-refractivity contribution < 1.29 is 27.6 Å². The molecule has 0 aromatic heterocycles. The second kappa shape index (κ2) is 11.1. The highest BCUT2D eigenvalue weighted by atomic mass is 16.5. The molecule has 1 aliphatic heterocycles. The molecule has 2 N–H and O–H groups in total. The van der Waals surface area contributed by atoms with Crippen LogP contribution in [0, 0.1) is 13.8 Å². The highest BCUT2D eigenvalue weighted by molar-refractivity contribution is 5.93. The van der Waals surface area contributed by atoms with Crippen LogP contribution in [0.15, 0.2) is 42.4 Å². The lowest BCUT2D eigenvalue weighted by Crippen LogP contribution is -2.50. The van der Waals surface area contributed by atoms with Gasteiger partial charge in [0.05, 0.1) is 19.1 Å². The molecule has 0 spiro atoms. The zero-order valence-electron chi connectivity index (χ0n) is 24.1. The molecule has 2 aromatic carbocycles. The number of carbonyl (C=O) groups is 1. The Labute approximate surface area is 193 Å². The summed E-state index contributed by atoms with van der Waals surface area (Å²) in [5.74, 6) is 0.353. The van der Waals surface area contributed by atoms with E-state index in [0.717, 1.165) is 0 Å². The number of para-hydroxylation sites is 3. The van der Waals surface area contributed by atoms with Gasteiger partial charge in [0.2, 0.25) is 5.91 Å². The third-order valence-corrected chi connectivity index (χ3v) is 4.97. The molecule has 1 saturated heterocycles. The van der Waals surface area contributed by atoms with Gasteiger partial charge in [-0.05, 0) is 37.1 Å². The molecule has 168 valence electrons. The van der Waals surface area contributed by atoms with Crippen LogP contribution >= 0.6 is 0 Å². The highest BCUT2D eigenvalue weighted by Gasteiger charge is 2.21. The van der Waals surface area contributed by atoms with Crippen LogP contribution in [0.5, 0.6) is 11.5 Å². The third kappa shape index (κ3) is 6.69. The average molecular weight is 434 g/mol. The van der Waals surface area contributed by atoms with Gasteiger partial charge in [0, 0.05) is 41.1 Å². The molecule has 7 heteroatoms. The second-order valence-electron chi connectivity index (χ2n) is 7.31. The number of carbonyl (C=O) groups excluding carboxylic acids is 1. The molecule has 1 unspecified atom stereocenters. The number of benzene rings is 2. The van der Waals surface area contributed by atoms with E-state index in [2.05, 4.69) is 5.32 Å². The first-order chi connectivity index (χ1) is 17.3. The molecule has 2 aromatic rings. The van der Waals surface area contributed by atoms with E-state index in [1.54, 1.807) is 38.1 Å². The lowest BCUT2D eigenvalue weighted by Gasteiger charge is -2.35. The second-order valence-corrected chi connectivity index (χ2v) is 7.31. The Hall–Kier alpha value is -2.61. The number of β-amino-alcohol motifs (C(OH)–C–C–N with tert-alkyl or cyclic N) is 1. The fraction of sp³-hybridized carbons (Fsp3) is 0.458. The Kier molecular flexibility index (Phi) is 5.78. The summed E-state index contributed by atoms with van der Waals surface area (Å²) in [4.78, 5) is 15.9. The maximum atomic E-state index is 12.7. The topological polar surface area (TPSA) is 74.3 Å². The van der Waals surface area contributed by atoms with Gasteiger partial charge in [0.25, 0.3) is 0 Å². The smallest absolute Gasteiger partial charge is 0.238 e. The molecule has 1 aliphatic rings. The molecule has 0 radical (unpaired) electrons. The third-order valence-electron chi connectivity index (χ3n) is 4.97. The van der Waals surface area contributed by atoms with Crippen LogP contribution in [0.25, 0.3) is 0 Å². The number of aliphatic hydroxyl groups is 1. The molecule has 7 nitrogen and oxygen atoms in total. The number of piperazine rings is 1. The molecule has 1 atom stereocenters. The van der Waals surface area contributed by atoms with Crippen LogP contribution in [-0.2, 0) is 4.79 Å². The molecule has 3 rings (SSSR count). The van der Waals surface area contributed by atoms with E-state index >= 15 is 0 Å². The average Bonchev–Trinajstić information content (AvgIpc) is 2.88. The van der Waals surface area contributed by atoms with E-state index in [0.29, 0.717) is 41.4 Å². The van der Waals surface area contributed by atoms with E-state index in [-0.39, 0.29) is 43.7 Å².